The number of hydrogen-bond donors (Lipinski definition) is 3. The van der Waals surface area contributed by atoms with Crippen LogP contribution in [0.3, 0.4) is 0 Å². The second kappa shape index (κ2) is 9.98. The molecule has 2 aromatic carbocycles. The fourth-order valence-electron chi connectivity index (χ4n) is 4.60. The van der Waals surface area contributed by atoms with Crippen molar-refractivity contribution in [2.24, 2.45) is 5.73 Å². The van der Waals surface area contributed by atoms with E-state index in [-0.39, 0.29) is 12.5 Å². The number of hydrogen-bond acceptors (Lipinski definition) is 7. The molecule has 3 heterocycles. The summed E-state index contributed by atoms with van der Waals surface area (Å²) in [6, 6.07) is 11.9. The first-order valence-electron chi connectivity index (χ1n) is 11.7. The predicted octanol–water partition coefficient (Wildman–Crippen LogP) is 3.41. The average Bonchev–Trinajstić information content (AvgIpc) is 3.63. The van der Waals surface area contributed by atoms with Crippen LogP contribution in [0.1, 0.15) is 32.1 Å². The van der Waals surface area contributed by atoms with Gasteiger partial charge in [-0.15, -0.1) is 11.3 Å². The summed E-state index contributed by atoms with van der Waals surface area (Å²) in [7, 11) is 1.54. The molecular formula is C28H25N5O4S. The SMILES string of the molecule is C=C(/C=C\C(=C/N)c1nccs1)c1ccc([C@@]2(CN3Cc4ccc(OC)cc4C3=O)NC(=O)NC2=O)cc1. The lowest BCUT2D eigenvalue weighted by Crippen LogP contribution is -2.52. The number of nitrogens with one attached hydrogen (secondary N) is 2. The van der Waals surface area contributed by atoms with E-state index in [1.54, 1.807) is 35.4 Å². The molecule has 4 amide bonds. The summed E-state index contributed by atoms with van der Waals surface area (Å²) in [5.41, 5.74) is 8.53. The molecule has 5 rings (SSSR count). The van der Waals surface area contributed by atoms with Gasteiger partial charge in [0.15, 0.2) is 5.54 Å². The van der Waals surface area contributed by atoms with Gasteiger partial charge in [0.2, 0.25) is 0 Å². The largest absolute Gasteiger partial charge is 0.497 e. The molecule has 1 atom stereocenters. The number of fused-ring (bicyclic) bond motifs is 1. The molecule has 38 heavy (non-hydrogen) atoms. The third-order valence-corrected chi connectivity index (χ3v) is 7.46. The molecule has 10 heteroatoms. The number of aromatic nitrogens is 1. The van der Waals surface area contributed by atoms with Gasteiger partial charge in [0.05, 0.1) is 13.7 Å². The summed E-state index contributed by atoms with van der Waals surface area (Å²) in [5.74, 6) is -0.172. The third-order valence-electron chi connectivity index (χ3n) is 6.64. The molecule has 0 radical (unpaired) electrons. The zero-order valence-corrected chi connectivity index (χ0v) is 21.4. The summed E-state index contributed by atoms with van der Waals surface area (Å²) in [6.45, 7) is 4.42. The fraction of sp³-hybridized carbons (Fsp3) is 0.143. The zero-order chi connectivity index (χ0) is 26.9. The molecule has 192 valence electrons. The summed E-state index contributed by atoms with van der Waals surface area (Å²) < 4.78 is 5.25. The van der Waals surface area contributed by atoms with E-state index < -0.39 is 17.5 Å². The molecule has 0 spiro atoms. The molecule has 0 aliphatic carbocycles. The van der Waals surface area contributed by atoms with Gasteiger partial charge in [-0.25, -0.2) is 9.78 Å². The van der Waals surface area contributed by atoms with Crippen molar-refractivity contribution in [1.29, 1.82) is 0 Å². The Kier molecular flexibility index (Phi) is 6.56. The molecule has 2 aliphatic rings. The third kappa shape index (κ3) is 4.46. The highest BCUT2D eigenvalue weighted by atomic mass is 32.1. The first kappa shape index (κ1) is 25.0. The normalized spacial score (nSPS) is 19.0. The van der Waals surface area contributed by atoms with E-state index in [9.17, 15) is 14.4 Å². The number of allylic oxidation sites excluding steroid dienone is 4. The van der Waals surface area contributed by atoms with Gasteiger partial charge in [-0.3, -0.25) is 14.9 Å². The number of carbonyl (C=O) groups excluding carboxylic acids is 3. The number of urea groups is 1. The van der Waals surface area contributed by atoms with Crippen molar-refractivity contribution in [2.75, 3.05) is 13.7 Å². The first-order chi connectivity index (χ1) is 18.3. The van der Waals surface area contributed by atoms with Crippen LogP contribution < -0.4 is 21.1 Å². The van der Waals surface area contributed by atoms with E-state index >= 15 is 0 Å². The smallest absolute Gasteiger partial charge is 0.322 e. The van der Waals surface area contributed by atoms with Crippen LogP contribution >= 0.6 is 11.3 Å². The standard InChI is InChI=1S/C28H25N5O4S/c1-17(3-4-19(14-29)24-30-11-12-38-24)18-5-8-21(9-6-18)28(26(35)31-27(36)32-28)16-33-15-20-7-10-22(37-2)13-23(20)25(33)34/h3-14H,1,15-16,29H2,2H3,(H2,31,32,35,36)/b4-3-,19-14+/t28-/m1/s1. The maximum Gasteiger partial charge on any atom is 0.322 e. The molecule has 4 N–H and O–H groups in total. The summed E-state index contributed by atoms with van der Waals surface area (Å²) in [6.07, 6.45) is 6.88. The number of carbonyl (C=O) groups is 3. The van der Waals surface area contributed by atoms with Gasteiger partial charge in [-0.05, 0) is 40.5 Å². The van der Waals surface area contributed by atoms with E-state index in [4.69, 9.17) is 10.5 Å². The lowest BCUT2D eigenvalue weighted by Gasteiger charge is -2.31. The molecule has 0 bridgehead atoms. The van der Waals surface area contributed by atoms with Gasteiger partial charge in [0.25, 0.3) is 11.8 Å². The van der Waals surface area contributed by atoms with Crippen LogP contribution in [0.25, 0.3) is 11.1 Å². The molecule has 3 aromatic rings. The molecule has 1 fully saturated rings. The number of nitrogens with two attached hydrogens (primary N) is 1. The number of imide groups is 1. The minimum Gasteiger partial charge on any atom is -0.497 e. The van der Waals surface area contributed by atoms with E-state index in [0.29, 0.717) is 23.4 Å². The van der Waals surface area contributed by atoms with Crippen molar-refractivity contribution in [2.45, 2.75) is 12.1 Å². The zero-order valence-electron chi connectivity index (χ0n) is 20.6. The van der Waals surface area contributed by atoms with E-state index in [2.05, 4.69) is 22.2 Å². The average molecular weight is 528 g/mol. The summed E-state index contributed by atoms with van der Waals surface area (Å²) >= 11 is 1.48. The van der Waals surface area contributed by atoms with Gasteiger partial charge < -0.3 is 20.7 Å². The van der Waals surface area contributed by atoms with Gasteiger partial charge in [0.1, 0.15) is 10.8 Å². The second-order valence-corrected chi connectivity index (χ2v) is 9.79. The van der Waals surface area contributed by atoms with E-state index in [1.807, 2.05) is 35.7 Å². The van der Waals surface area contributed by atoms with Crippen molar-refractivity contribution in [3.8, 4) is 5.75 Å². The number of nitrogens with zero attached hydrogens (tertiary/aromatic N) is 2. The molecule has 9 nitrogen and oxygen atoms in total. The quantitative estimate of drug-likeness (QED) is 0.304. The van der Waals surface area contributed by atoms with Crippen LogP contribution in [0, 0.1) is 0 Å². The Bertz CT molecular complexity index is 1490. The van der Waals surface area contributed by atoms with Crippen molar-refractivity contribution in [1.82, 2.24) is 20.5 Å². The van der Waals surface area contributed by atoms with Crippen molar-refractivity contribution in [3.05, 3.63) is 106 Å². The van der Waals surface area contributed by atoms with E-state index in [0.717, 1.165) is 27.3 Å². The molecule has 0 unspecified atom stereocenters. The van der Waals surface area contributed by atoms with Crippen LogP contribution in [0.2, 0.25) is 0 Å². The fourth-order valence-corrected chi connectivity index (χ4v) is 5.24. The van der Waals surface area contributed by atoms with Gasteiger partial charge in [-0.2, -0.15) is 0 Å². The summed E-state index contributed by atoms with van der Waals surface area (Å²) in [4.78, 5) is 44.4. The molecule has 2 aliphatic heterocycles. The Morgan fingerprint density at radius 1 is 1.21 bits per heavy atom. The van der Waals surface area contributed by atoms with Gasteiger partial charge in [0, 0.05) is 35.5 Å². The molecule has 1 aromatic heterocycles. The minimum atomic E-state index is -1.44. The van der Waals surface area contributed by atoms with Crippen LogP contribution in [-0.2, 0) is 16.9 Å². The van der Waals surface area contributed by atoms with Gasteiger partial charge in [-0.1, -0.05) is 43.0 Å². The maximum absolute atomic E-state index is 13.2. The van der Waals surface area contributed by atoms with Crippen molar-refractivity contribution < 1.29 is 19.1 Å². The number of methoxy groups -OCH3 is 1. The van der Waals surface area contributed by atoms with Crippen LogP contribution in [-0.4, -0.2) is 41.4 Å². The van der Waals surface area contributed by atoms with Crippen molar-refractivity contribution >= 4 is 40.3 Å². The van der Waals surface area contributed by atoms with Crippen LogP contribution in [0.15, 0.2) is 79.0 Å². The Morgan fingerprint density at radius 2 is 2.00 bits per heavy atom. The van der Waals surface area contributed by atoms with E-state index in [1.165, 1.54) is 24.6 Å². The number of amides is 4. The van der Waals surface area contributed by atoms with Gasteiger partial charge >= 0.3 is 6.03 Å². The number of ether oxygens (including phenoxy) is 1. The molecule has 0 saturated carbocycles. The van der Waals surface area contributed by atoms with Crippen LogP contribution in [0.4, 0.5) is 4.79 Å². The highest BCUT2D eigenvalue weighted by Crippen LogP contribution is 2.33. The number of rotatable bonds is 8. The molecular weight excluding hydrogens is 502 g/mol. The topological polar surface area (TPSA) is 127 Å². The Balaban J connectivity index is 1.39. The Hall–Kier alpha value is -4.70. The first-order valence-corrected chi connectivity index (χ1v) is 12.6. The highest BCUT2D eigenvalue weighted by Gasteiger charge is 2.50. The number of thiazole rings is 1. The Morgan fingerprint density at radius 3 is 2.63 bits per heavy atom. The molecule has 1 saturated heterocycles. The van der Waals surface area contributed by atoms with Crippen LogP contribution in [0.5, 0.6) is 5.75 Å². The maximum atomic E-state index is 13.2. The van der Waals surface area contributed by atoms with Crippen molar-refractivity contribution in [3.63, 3.8) is 0 Å². The lowest BCUT2D eigenvalue weighted by molar-refractivity contribution is -0.124. The highest BCUT2D eigenvalue weighted by molar-refractivity contribution is 7.10. The summed E-state index contributed by atoms with van der Waals surface area (Å²) in [5, 5.41) is 7.76. The Labute approximate surface area is 223 Å². The minimum absolute atomic E-state index is 0.0287. The second-order valence-electron chi connectivity index (χ2n) is 8.89. The number of benzene rings is 2. The monoisotopic (exact) mass is 527 g/mol. The lowest BCUT2D eigenvalue weighted by atomic mass is 9.88. The predicted molar refractivity (Wildman–Crippen MR) is 145 cm³/mol.